The van der Waals surface area contributed by atoms with Crippen molar-refractivity contribution in [2.75, 3.05) is 30.3 Å². The van der Waals surface area contributed by atoms with E-state index in [-0.39, 0.29) is 6.10 Å². The van der Waals surface area contributed by atoms with Gasteiger partial charge in [0.1, 0.15) is 0 Å². The summed E-state index contributed by atoms with van der Waals surface area (Å²) in [5.41, 5.74) is 8.87. The van der Waals surface area contributed by atoms with Gasteiger partial charge in [0, 0.05) is 6.54 Å². The topological polar surface area (TPSA) is 62.3 Å². The number of aryl methyl sites for hydroxylation is 1. The van der Waals surface area contributed by atoms with Crippen molar-refractivity contribution in [2.45, 2.75) is 13.0 Å². The number of nitriles is 1. The first-order chi connectivity index (χ1) is 7.70. The minimum absolute atomic E-state index is 0.353. The number of ether oxygens (including phenoxy) is 1. The second-order valence-electron chi connectivity index (χ2n) is 4.00. The highest BCUT2D eigenvalue weighted by Gasteiger charge is 2.21. The Kier molecular flexibility index (Phi) is 2.97. The number of nitrogens with two attached hydrogens (primary N) is 1. The molecule has 1 aromatic carbocycles. The molecule has 0 spiro atoms. The highest BCUT2D eigenvalue weighted by atomic mass is 16.5. The van der Waals surface area contributed by atoms with Crippen LogP contribution in [0, 0.1) is 18.3 Å². The Morgan fingerprint density at radius 3 is 3.12 bits per heavy atom. The van der Waals surface area contributed by atoms with Crippen molar-refractivity contribution in [3.05, 3.63) is 23.8 Å². The van der Waals surface area contributed by atoms with Crippen molar-refractivity contribution >= 4 is 11.4 Å². The van der Waals surface area contributed by atoms with Gasteiger partial charge in [-0.2, -0.15) is 5.26 Å². The monoisotopic (exact) mass is 217 g/mol. The molecule has 1 saturated heterocycles. The van der Waals surface area contributed by atoms with Crippen LogP contribution in [-0.2, 0) is 4.74 Å². The van der Waals surface area contributed by atoms with E-state index in [0.29, 0.717) is 13.2 Å². The highest BCUT2D eigenvalue weighted by molar-refractivity contribution is 5.68. The maximum Gasteiger partial charge on any atom is 0.161 e. The van der Waals surface area contributed by atoms with E-state index < -0.39 is 0 Å². The van der Waals surface area contributed by atoms with Gasteiger partial charge >= 0.3 is 0 Å². The molecule has 4 nitrogen and oxygen atoms in total. The molecule has 1 aliphatic heterocycles. The number of nitrogen functional groups attached to an aromatic ring is 1. The molecule has 2 rings (SSSR count). The van der Waals surface area contributed by atoms with Gasteiger partial charge in [-0.15, -0.1) is 0 Å². The molecule has 0 amide bonds. The second kappa shape index (κ2) is 4.42. The van der Waals surface area contributed by atoms with Gasteiger partial charge in [0.2, 0.25) is 0 Å². The Morgan fingerprint density at radius 2 is 2.38 bits per heavy atom. The SMILES string of the molecule is Cc1ccc(N)c(N2CCOC(C#N)C2)c1. The van der Waals surface area contributed by atoms with Crippen LogP contribution in [0.1, 0.15) is 5.56 Å². The first kappa shape index (κ1) is 10.8. The number of hydrogen-bond acceptors (Lipinski definition) is 4. The average Bonchev–Trinajstić information content (AvgIpc) is 2.32. The third-order valence-electron chi connectivity index (χ3n) is 2.74. The number of anilines is 2. The fourth-order valence-corrected chi connectivity index (χ4v) is 1.87. The number of benzene rings is 1. The van der Waals surface area contributed by atoms with Crippen molar-refractivity contribution in [1.82, 2.24) is 0 Å². The number of hydrogen-bond donors (Lipinski definition) is 1. The minimum Gasteiger partial charge on any atom is -0.397 e. The summed E-state index contributed by atoms with van der Waals surface area (Å²) < 4.78 is 5.31. The number of morpholine rings is 1. The Hall–Kier alpha value is -1.73. The Balaban J connectivity index is 2.23. The van der Waals surface area contributed by atoms with E-state index in [1.807, 2.05) is 19.1 Å². The number of nitrogens with zero attached hydrogens (tertiary/aromatic N) is 2. The van der Waals surface area contributed by atoms with Gasteiger partial charge < -0.3 is 15.4 Å². The fourth-order valence-electron chi connectivity index (χ4n) is 1.87. The summed E-state index contributed by atoms with van der Waals surface area (Å²) in [6.45, 7) is 3.98. The maximum absolute atomic E-state index is 8.85. The maximum atomic E-state index is 8.85. The lowest BCUT2D eigenvalue weighted by Crippen LogP contribution is -2.42. The van der Waals surface area contributed by atoms with E-state index in [2.05, 4.69) is 17.0 Å². The smallest absolute Gasteiger partial charge is 0.161 e. The quantitative estimate of drug-likeness (QED) is 0.720. The molecule has 1 fully saturated rings. The van der Waals surface area contributed by atoms with Crippen LogP contribution in [-0.4, -0.2) is 25.8 Å². The van der Waals surface area contributed by atoms with Crippen molar-refractivity contribution in [3.63, 3.8) is 0 Å². The molecule has 0 aromatic heterocycles. The molecule has 0 radical (unpaired) electrons. The summed E-state index contributed by atoms with van der Waals surface area (Å²) in [7, 11) is 0. The molecule has 0 bridgehead atoms. The molecule has 4 heteroatoms. The van der Waals surface area contributed by atoms with Gasteiger partial charge in [-0.25, -0.2) is 0 Å². The van der Waals surface area contributed by atoms with Crippen molar-refractivity contribution < 1.29 is 4.74 Å². The molecular weight excluding hydrogens is 202 g/mol. The van der Waals surface area contributed by atoms with Crippen molar-refractivity contribution in [2.24, 2.45) is 0 Å². The van der Waals surface area contributed by atoms with Gasteiger partial charge in [0.05, 0.1) is 30.6 Å². The summed E-state index contributed by atoms with van der Waals surface area (Å²) in [5.74, 6) is 0. The third-order valence-corrected chi connectivity index (χ3v) is 2.74. The van der Waals surface area contributed by atoms with Crippen LogP contribution in [0.3, 0.4) is 0 Å². The molecule has 0 saturated carbocycles. The molecule has 2 N–H and O–H groups in total. The lowest BCUT2D eigenvalue weighted by atomic mass is 10.1. The zero-order chi connectivity index (χ0) is 11.5. The van der Waals surface area contributed by atoms with Gasteiger partial charge in [-0.3, -0.25) is 0 Å². The molecule has 1 aromatic rings. The standard InChI is InChI=1S/C12H15N3O/c1-9-2-3-11(14)12(6-9)15-4-5-16-10(7-13)8-15/h2-3,6,10H,4-5,8,14H2,1H3. The van der Waals surface area contributed by atoms with E-state index >= 15 is 0 Å². The fraction of sp³-hybridized carbons (Fsp3) is 0.417. The number of rotatable bonds is 1. The molecule has 1 unspecified atom stereocenters. The van der Waals surface area contributed by atoms with Crippen molar-refractivity contribution in [1.29, 1.82) is 5.26 Å². The Morgan fingerprint density at radius 1 is 1.56 bits per heavy atom. The van der Waals surface area contributed by atoms with Gasteiger partial charge in [0.15, 0.2) is 6.10 Å². The summed E-state index contributed by atoms with van der Waals surface area (Å²) >= 11 is 0. The normalized spacial score (nSPS) is 20.5. The minimum atomic E-state index is -0.353. The molecule has 1 atom stereocenters. The van der Waals surface area contributed by atoms with Crippen LogP contribution in [0.2, 0.25) is 0 Å². The molecule has 84 valence electrons. The first-order valence-electron chi connectivity index (χ1n) is 5.33. The Bertz CT molecular complexity index is 425. The first-order valence-corrected chi connectivity index (χ1v) is 5.33. The molecule has 1 heterocycles. The lowest BCUT2D eigenvalue weighted by molar-refractivity contribution is 0.0765. The zero-order valence-electron chi connectivity index (χ0n) is 9.31. The summed E-state index contributed by atoms with van der Waals surface area (Å²) in [4.78, 5) is 2.11. The molecule has 0 aliphatic carbocycles. The van der Waals surface area contributed by atoms with E-state index in [4.69, 9.17) is 15.7 Å². The molecule has 16 heavy (non-hydrogen) atoms. The molecular formula is C12H15N3O. The Labute approximate surface area is 95.2 Å². The predicted octanol–water partition coefficient (Wildman–Crippen LogP) is 1.31. The average molecular weight is 217 g/mol. The molecule has 1 aliphatic rings. The van der Waals surface area contributed by atoms with Crippen LogP contribution in [0.5, 0.6) is 0 Å². The summed E-state index contributed by atoms with van der Waals surface area (Å²) in [6, 6.07) is 8.08. The largest absolute Gasteiger partial charge is 0.397 e. The second-order valence-corrected chi connectivity index (χ2v) is 4.00. The summed E-state index contributed by atoms with van der Waals surface area (Å²) in [6.07, 6.45) is -0.353. The van der Waals surface area contributed by atoms with Crippen LogP contribution in [0.15, 0.2) is 18.2 Å². The van der Waals surface area contributed by atoms with E-state index in [0.717, 1.165) is 17.9 Å². The predicted molar refractivity (Wildman–Crippen MR) is 63.2 cm³/mol. The zero-order valence-corrected chi connectivity index (χ0v) is 9.31. The van der Waals surface area contributed by atoms with Crippen molar-refractivity contribution in [3.8, 4) is 6.07 Å². The van der Waals surface area contributed by atoms with Crippen LogP contribution < -0.4 is 10.6 Å². The van der Waals surface area contributed by atoms with E-state index in [9.17, 15) is 0 Å². The lowest BCUT2D eigenvalue weighted by Gasteiger charge is -2.32. The van der Waals surface area contributed by atoms with Crippen LogP contribution >= 0.6 is 0 Å². The van der Waals surface area contributed by atoms with Gasteiger partial charge in [-0.05, 0) is 24.6 Å². The van der Waals surface area contributed by atoms with Gasteiger partial charge in [0.25, 0.3) is 0 Å². The third kappa shape index (κ3) is 2.10. The van der Waals surface area contributed by atoms with E-state index in [1.165, 1.54) is 5.56 Å². The summed E-state index contributed by atoms with van der Waals surface area (Å²) in [5, 5.41) is 8.85. The van der Waals surface area contributed by atoms with Crippen LogP contribution in [0.4, 0.5) is 11.4 Å². The van der Waals surface area contributed by atoms with Gasteiger partial charge in [-0.1, -0.05) is 6.07 Å². The van der Waals surface area contributed by atoms with E-state index in [1.54, 1.807) is 0 Å². The van der Waals surface area contributed by atoms with Crippen LogP contribution in [0.25, 0.3) is 0 Å². The highest BCUT2D eigenvalue weighted by Crippen LogP contribution is 2.25.